The number of likely N-dealkylation sites (tertiary alicyclic amines) is 1. The van der Waals surface area contributed by atoms with Crippen LogP contribution in [0, 0.1) is 18.3 Å². The zero-order valence-corrected chi connectivity index (χ0v) is 7.33. The Labute approximate surface area is 73.9 Å². The van der Waals surface area contributed by atoms with E-state index in [9.17, 15) is 0 Å². The van der Waals surface area contributed by atoms with Gasteiger partial charge in [-0.15, -0.1) is 6.42 Å². The fraction of sp³-hybridized carbons (Fsp3) is 0.800. The first-order valence-corrected chi connectivity index (χ1v) is 4.67. The molecule has 0 spiro atoms. The Hall–Kier alpha value is -0.520. The SMILES string of the molecule is C#CCN1CC[C@H]2OCC[C@H]2C1. The number of ether oxygens (including phenoxy) is 1. The second kappa shape index (κ2) is 3.47. The number of rotatable bonds is 1. The molecule has 0 aromatic carbocycles. The molecule has 2 nitrogen and oxygen atoms in total. The summed E-state index contributed by atoms with van der Waals surface area (Å²) in [6.45, 7) is 4.03. The highest BCUT2D eigenvalue weighted by Crippen LogP contribution is 2.28. The van der Waals surface area contributed by atoms with E-state index in [1.165, 1.54) is 12.8 Å². The molecule has 0 saturated carbocycles. The molecular weight excluding hydrogens is 150 g/mol. The van der Waals surface area contributed by atoms with Crippen LogP contribution in [0.3, 0.4) is 0 Å². The van der Waals surface area contributed by atoms with E-state index in [-0.39, 0.29) is 0 Å². The summed E-state index contributed by atoms with van der Waals surface area (Å²) in [6.07, 6.45) is 8.22. The zero-order chi connectivity index (χ0) is 8.39. The van der Waals surface area contributed by atoms with Gasteiger partial charge in [0.15, 0.2) is 0 Å². The Morgan fingerprint density at radius 1 is 1.50 bits per heavy atom. The van der Waals surface area contributed by atoms with Gasteiger partial charge in [-0.1, -0.05) is 5.92 Å². The van der Waals surface area contributed by atoms with Gasteiger partial charge in [0.25, 0.3) is 0 Å². The highest BCUT2D eigenvalue weighted by molar-refractivity contribution is 4.92. The summed E-state index contributed by atoms with van der Waals surface area (Å²) in [5.74, 6) is 3.46. The number of hydrogen-bond acceptors (Lipinski definition) is 2. The maximum atomic E-state index is 5.61. The van der Waals surface area contributed by atoms with Crippen LogP contribution >= 0.6 is 0 Å². The summed E-state index contributed by atoms with van der Waals surface area (Å²) < 4.78 is 5.61. The second-order valence-corrected chi connectivity index (χ2v) is 3.69. The molecule has 2 aliphatic rings. The molecule has 12 heavy (non-hydrogen) atoms. The van der Waals surface area contributed by atoms with Crippen LogP contribution in [-0.4, -0.2) is 37.2 Å². The van der Waals surface area contributed by atoms with Gasteiger partial charge in [0, 0.05) is 25.6 Å². The van der Waals surface area contributed by atoms with E-state index in [1.54, 1.807) is 0 Å². The number of hydrogen-bond donors (Lipinski definition) is 0. The fourth-order valence-electron chi connectivity index (χ4n) is 2.23. The van der Waals surface area contributed by atoms with Gasteiger partial charge in [-0.2, -0.15) is 0 Å². The highest BCUT2D eigenvalue weighted by Gasteiger charge is 2.33. The van der Waals surface area contributed by atoms with Gasteiger partial charge >= 0.3 is 0 Å². The summed E-state index contributed by atoms with van der Waals surface area (Å²) in [6, 6.07) is 0. The lowest BCUT2D eigenvalue weighted by Gasteiger charge is -2.32. The Morgan fingerprint density at radius 2 is 2.42 bits per heavy atom. The van der Waals surface area contributed by atoms with Crippen LogP contribution < -0.4 is 0 Å². The van der Waals surface area contributed by atoms with Gasteiger partial charge in [-0.05, 0) is 12.8 Å². The minimum atomic E-state index is 0.541. The first kappa shape index (κ1) is 8.10. The summed E-state index contributed by atoms with van der Waals surface area (Å²) >= 11 is 0. The van der Waals surface area contributed by atoms with Crippen molar-refractivity contribution in [3.05, 3.63) is 0 Å². The van der Waals surface area contributed by atoms with Gasteiger partial charge in [0.2, 0.25) is 0 Å². The number of fused-ring (bicyclic) bond motifs is 1. The highest BCUT2D eigenvalue weighted by atomic mass is 16.5. The molecule has 0 bridgehead atoms. The van der Waals surface area contributed by atoms with Crippen molar-refractivity contribution in [3.8, 4) is 12.3 Å². The van der Waals surface area contributed by atoms with Gasteiger partial charge in [0.1, 0.15) is 0 Å². The van der Waals surface area contributed by atoms with E-state index in [0.29, 0.717) is 6.10 Å². The molecule has 2 aliphatic heterocycles. The molecule has 2 rings (SSSR count). The lowest BCUT2D eigenvalue weighted by Crippen LogP contribution is -2.41. The maximum Gasteiger partial charge on any atom is 0.0628 e. The Balaban J connectivity index is 1.89. The first-order chi connectivity index (χ1) is 5.90. The van der Waals surface area contributed by atoms with E-state index >= 15 is 0 Å². The normalized spacial score (nSPS) is 35.9. The van der Waals surface area contributed by atoms with Gasteiger partial charge < -0.3 is 4.74 Å². The van der Waals surface area contributed by atoms with Crippen LogP contribution in [0.15, 0.2) is 0 Å². The van der Waals surface area contributed by atoms with Crippen molar-refractivity contribution in [2.75, 3.05) is 26.2 Å². The molecular formula is C10H15NO. The third-order valence-electron chi connectivity index (χ3n) is 2.88. The standard InChI is InChI=1S/C10H15NO/c1-2-5-11-6-3-10-9(8-11)4-7-12-10/h1,9-10H,3-8H2/t9-,10+/m0/s1. The van der Waals surface area contributed by atoms with Crippen LogP contribution in [-0.2, 0) is 4.74 Å². The van der Waals surface area contributed by atoms with Crippen molar-refractivity contribution in [2.24, 2.45) is 5.92 Å². The molecule has 0 unspecified atom stereocenters. The van der Waals surface area contributed by atoms with Crippen molar-refractivity contribution >= 4 is 0 Å². The lowest BCUT2D eigenvalue weighted by molar-refractivity contribution is 0.0393. The smallest absolute Gasteiger partial charge is 0.0628 e. The molecule has 0 N–H and O–H groups in total. The number of terminal acetylenes is 1. The summed E-state index contributed by atoms with van der Waals surface area (Å²) in [5.41, 5.74) is 0. The van der Waals surface area contributed by atoms with Crippen LogP contribution in [0.1, 0.15) is 12.8 Å². The van der Waals surface area contributed by atoms with Gasteiger partial charge in [0.05, 0.1) is 12.6 Å². The molecule has 0 aromatic rings. The van der Waals surface area contributed by atoms with Crippen molar-refractivity contribution in [2.45, 2.75) is 18.9 Å². The molecule has 2 heteroatoms. The monoisotopic (exact) mass is 165 g/mol. The van der Waals surface area contributed by atoms with E-state index in [2.05, 4.69) is 10.8 Å². The third-order valence-corrected chi connectivity index (χ3v) is 2.88. The minimum Gasteiger partial charge on any atom is -0.378 e. The van der Waals surface area contributed by atoms with Crippen molar-refractivity contribution in [3.63, 3.8) is 0 Å². The van der Waals surface area contributed by atoms with Crippen LogP contribution in [0.5, 0.6) is 0 Å². The van der Waals surface area contributed by atoms with Crippen molar-refractivity contribution in [1.29, 1.82) is 0 Å². The van der Waals surface area contributed by atoms with E-state index in [1.807, 2.05) is 0 Å². The fourth-order valence-corrected chi connectivity index (χ4v) is 2.23. The molecule has 2 heterocycles. The van der Waals surface area contributed by atoms with Crippen LogP contribution in [0.4, 0.5) is 0 Å². The van der Waals surface area contributed by atoms with Gasteiger partial charge in [-0.25, -0.2) is 0 Å². The van der Waals surface area contributed by atoms with Gasteiger partial charge in [-0.3, -0.25) is 4.90 Å². The second-order valence-electron chi connectivity index (χ2n) is 3.69. The average Bonchev–Trinajstić information content (AvgIpc) is 2.51. The maximum absolute atomic E-state index is 5.61. The Morgan fingerprint density at radius 3 is 3.25 bits per heavy atom. The summed E-state index contributed by atoms with van der Waals surface area (Å²) in [7, 11) is 0. The Kier molecular flexibility index (Phi) is 2.34. The van der Waals surface area contributed by atoms with Crippen LogP contribution in [0.2, 0.25) is 0 Å². The quantitative estimate of drug-likeness (QED) is 0.531. The predicted octanol–water partition coefficient (Wildman–Crippen LogP) is 0.730. The predicted molar refractivity (Wildman–Crippen MR) is 47.7 cm³/mol. The van der Waals surface area contributed by atoms with Crippen molar-refractivity contribution in [1.82, 2.24) is 4.90 Å². The molecule has 0 aromatic heterocycles. The molecule has 0 radical (unpaired) electrons. The molecule has 66 valence electrons. The summed E-state index contributed by atoms with van der Waals surface area (Å²) in [4.78, 5) is 2.36. The van der Waals surface area contributed by atoms with Crippen molar-refractivity contribution < 1.29 is 4.74 Å². The lowest BCUT2D eigenvalue weighted by atomic mass is 9.94. The first-order valence-electron chi connectivity index (χ1n) is 4.67. The van der Waals surface area contributed by atoms with E-state index < -0.39 is 0 Å². The summed E-state index contributed by atoms with van der Waals surface area (Å²) in [5, 5.41) is 0. The molecule has 2 fully saturated rings. The third kappa shape index (κ3) is 1.48. The average molecular weight is 165 g/mol. The largest absolute Gasteiger partial charge is 0.378 e. The molecule has 2 saturated heterocycles. The number of piperidine rings is 1. The van der Waals surface area contributed by atoms with Crippen LogP contribution in [0.25, 0.3) is 0 Å². The van der Waals surface area contributed by atoms with E-state index in [0.717, 1.165) is 32.2 Å². The number of nitrogens with zero attached hydrogens (tertiary/aromatic N) is 1. The molecule has 0 amide bonds. The minimum absolute atomic E-state index is 0.541. The topological polar surface area (TPSA) is 12.5 Å². The molecule has 2 atom stereocenters. The zero-order valence-electron chi connectivity index (χ0n) is 7.33. The molecule has 0 aliphatic carbocycles. The Bertz CT molecular complexity index is 197. The van der Waals surface area contributed by atoms with E-state index in [4.69, 9.17) is 11.2 Å².